The smallest absolute Gasteiger partial charge is 0.197 e. The molecule has 112 valence electrons. The molecule has 4 aromatic rings. The molecule has 4 rings (SSSR count). The van der Waals surface area contributed by atoms with Crippen LogP contribution in [0.5, 0.6) is 0 Å². The first-order chi connectivity index (χ1) is 11.1. The van der Waals surface area contributed by atoms with E-state index in [4.69, 9.17) is 5.73 Å². The molecule has 0 atom stereocenters. The first kappa shape index (κ1) is 13.4. The third-order valence-electron chi connectivity index (χ3n) is 3.78. The van der Waals surface area contributed by atoms with Gasteiger partial charge in [-0.1, -0.05) is 0 Å². The summed E-state index contributed by atoms with van der Waals surface area (Å²) in [6.45, 7) is 0. The van der Waals surface area contributed by atoms with Crippen molar-refractivity contribution in [2.24, 2.45) is 7.05 Å². The van der Waals surface area contributed by atoms with Crippen molar-refractivity contribution >= 4 is 27.5 Å². The second kappa shape index (κ2) is 4.88. The van der Waals surface area contributed by atoms with E-state index in [-0.39, 0.29) is 5.43 Å². The summed E-state index contributed by atoms with van der Waals surface area (Å²) >= 11 is 0. The molecule has 2 N–H and O–H groups in total. The molecular weight excluding hydrogens is 290 g/mol. The monoisotopic (exact) mass is 303 g/mol. The number of rotatable bonds is 1. The number of hydrogen-bond acceptors (Lipinski definition) is 5. The average Bonchev–Trinajstić information content (AvgIpc) is 2.94. The molecule has 6 heteroatoms. The quantitative estimate of drug-likeness (QED) is 0.582. The lowest BCUT2D eigenvalue weighted by atomic mass is 10.1. The average molecular weight is 303 g/mol. The Bertz CT molecular complexity index is 1120. The molecule has 6 nitrogen and oxygen atoms in total. The van der Waals surface area contributed by atoms with Crippen molar-refractivity contribution < 1.29 is 0 Å². The molecule has 0 aliphatic carbocycles. The van der Waals surface area contributed by atoms with Crippen molar-refractivity contribution in [2.75, 3.05) is 5.73 Å². The second-order valence-electron chi connectivity index (χ2n) is 5.42. The van der Waals surface area contributed by atoms with E-state index in [1.165, 1.54) is 0 Å². The molecule has 3 heterocycles. The first-order valence-electron chi connectivity index (χ1n) is 7.09. The van der Waals surface area contributed by atoms with E-state index < -0.39 is 0 Å². The zero-order valence-electron chi connectivity index (χ0n) is 12.4. The van der Waals surface area contributed by atoms with Crippen LogP contribution in [-0.2, 0) is 7.05 Å². The van der Waals surface area contributed by atoms with Crippen LogP contribution in [0.3, 0.4) is 0 Å². The number of nitrogen functional groups attached to an aromatic ring is 1. The number of nitrogens with two attached hydrogens (primary N) is 1. The van der Waals surface area contributed by atoms with Gasteiger partial charge in [0.15, 0.2) is 5.43 Å². The van der Waals surface area contributed by atoms with Gasteiger partial charge < -0.3 is 5.73 Å². The molecule has 3 aromatic heterocycles. The van der Waals surface area contributed by atoms with E-state index >= 15 is 0 Å². The molecule has 0 aliphatic rings. The van der Waals surface area contributed by atoms with E-state index in [0.717, 1.165) is 11.1 Å². The minimum absolute atomic E-state index is 0.127. The zero-order valence-corrected chi connectivity index (χ0v) is 12.4. The van der Waals surface area contributed by atoms with Gasteiger partial charge in [-0.15, -0.1) is 0 Å². The lowest BCUT2D eigenvalue weighted by Crippen LogP contribution is -2.01. The van der Waals surface area contributed by atoms with Gasteiger partial charge in [0.25, 0.3) is 0 Å². The Hall–Kier alpha value is -3.28. The molecule has 0 saturated carbocycles. The predicted molar refractivity (Wildman–Crippen MR) is 89.9 cm³/mol. The van der Waals surface area contributed by atoms with Crippen LogP contribution in [0.15, 0.2) is 53.8 Å². The molecule has 0 aliphatic heterocycles. The number of nitrogens with zero attached hydrogens (tertiary/aromatic N) is 4. The Balaban J connectivity index is 2.09. The number of anilines is 1. The Morgan fingerprint density at radius 3 is 2.35 bits per heavy atom. The molecule has 0 amide bonds. The van der Waals surface area contributed by atoms with Crippen LogP contribution < -0.4 is 11.2 Å². The fraction of sp³-hybridized carbons (Fsp3) is 0.0588. The Kier molecular flexibility index (Phi) is 2.84. The van der Waals surface area contributed by atoms with Crippen LogP contribution in [0.2, 0.25) is 0 Å². The van der Waals surface area contributed by atoms with Gasteiger partial charge in [-0.05, 0) is 24.3 Å². The topological polar surface area (TPSA) is 86.7 Å². The molecule has 0 spiro atoms. The Labute approximate surface area is 131 Å². The minimum atomic E-state index is -0.127. The number of aryl methyl sites for hydroxylation is 1. The van der Waals surface area contributed by atoms with Crippen molar-refractivity contribution in [2.45, 2.75) is 0 Å². The van der Waals surface area contributed by atoms with Crippen molar-refractivity contribution in [1.29, 1.82) is 0 Å². The predicted octanol–water partition coefficient (Wildman–Crippen LogP) is 2.13. The summed E-state index contributed by atoms with van der Waals surface area (Å²) < 4.78 is 1.71. The van der Waals surface area contributed by atoms with Gasteiger partial charge in [-0.3, -0.25) is 19.4 Å². The molecule has 1 aromatic carbocycles. The first-order valence-corrected chi connectivity index (χ1v) is 7.09. The van der Waals surface area contributed by atoms with Crippen LogP contribution in [-0.4, -0.2) is 19.7 Å². The molecule has 0 unspecified atom stereocenters. The van der Waals surface area contributed by atoms with E-state index in [9.17, 15) is 4.79 Å². The number of hydrogen-bond donors (Lipinski definition) is 1. The highest BCUT2D eigenvalue weighted by molar-refractivity contribution is 5.92. The maximum Gasteiger partial charge on any atom is 0.197 e. The van der Waals surface area contributed by atoms with Crippen molar-refractivity contribution in [3.8, 4) is 11.1 Å². The van der Waals surface area contributed by atoms with Crippen molar-refractivity contribution in [3.63, 3.8) is 0 Å². The lowest BCUT2D eigenvalue weighted by molar-refractivity contribution is 0.768. The maximum absolute atomic E-state index is 12.9. The lowest BCUT2D eigenvalue weighted by Gasteiger charge is -1.98. The number of fused-ring (bicyclic) bond motifs is 2. The maximum atomic E-state index is 12.9. The summed E-state index contributed by atoms with van der Waals surface area (Å²) in [4.78, 5) is 21.5. The van der Waals surface area contributed by atoms with E-state index in [0.29, 0.717) is 27.5 Å². The standard InChI is InChI=1S/C17H13N5O/c1-22-9-11(7-21-22)10-4-13-15(19-6-10)2-3-16-14(17(13)23)5-12(18)8-20-16/h2-9H,18H2,1H3. The van der Waals surface area contributed by atoms with Crippen LogP contribution in [0, 0.1) is 0 Å². The summed E-state index contributed by atoms with van der Waals surface area (Å²) in [5, 5.41) is 5.18. The summed E-state index contributed by atoms with van der Waals surface area (Å²) in [5.74, 6) is 0. The molecule has 0 radical (unpaired) electrons. The summed E-state index contributed by atoms with van der Waals surface area (Å²) in [7, 11) is 1.85. The minimum Gasteiger partial charge on any atom is -0.397 e. The third-order valence-corrected chi connectivity index (χ3v) is 3.78. The SMILES string of the molecule is Cn1cc(-c2cnc3ccc4ncc(N)cc4c(=O)c3c2)cn1. The normalized spacial score (nSPS) is 11.2. The van der Waals surface area contributed by atoms with Gasteiger partial charge in [0.2, 0.25) is 0 Å². The van der Waals surface area contributed by atoms with Gasteiger partial charge in [0.1, 0.15) is 0 Å². The van der Waals surface area contributed by atoms with Gasteiger partial charge >= 0.3 is 0 Å². The summed E-state index contributed by atoms with van der Waals surface area (Å²) in [6.07, 6.45) is 6.91. The summed E-state index contributed by atoms with van der Waals surface area (Å²) in [5.41, 5.74) is 9.09. The van der Waals surface area contributed by atoms with Crippen LogP contribution in [0.1, 0.15) is 0 Å². The largest absolute Gasteiger partial charge is 0.397 e. The highest BCUT2D eigenvalue weighted by atomic mass is 16.1. The molecular formula is C17H13N5O. The van der Waals surface area contributed by atoms with Crippen LogP contribution in [0.25, 0.3) is 32.9 Å². The van der Waals surface area contributed by atoms with Crippen LogP contribution >= 0.6 is 0 Å². The third kappa shape index (κ3) is 2.20. The van der Waals surface area contributed by atoms with E-state index in [2.05, 4.69) is 15.1 Å². The Morgan fingerprint density at radius 1 is 0.957 bits per heavy atom. The van der Waals surface area contributed by atoms with Gasteiger partial charge in [-0.25, -0.2) is 0 Å². The van der Waals surface area contributed by atoms with Crippen molar-refractivity contribution in [1.82, 2.24) is 19.7 Å². The van der Waals surface area contributed by atoms with E-state index in [1.807, 2.05) is 19.3 Å². The van der Waals surface area contributed by atoms with Gasteiger partial charge in [0, 0.05) is 36.0 Å². The molecule has 0 saturated heterocycles. The highest BCUT2D eigenvalue weighted by Gasteiger charge is 2.08. The second-order valence-corrected chi connectivity index (χ2v) is 5.42. The molecule has 0 bridgehead atoms. The zero-order chi connectivity index (χ0) is 16.0. The molecule has 23 heavy (non-hydrogen) atoms. The fourth-order valence-corrected chi connectivity index (χ4v) is 2.63. The summed E-state index contributed by atoms with van der Waals surface area (Å²) in [6, 6.07) is 7.08. The van der Waals surface area contributed by atoms with Gasteiger partial charge in [-0.2, -0.15) is 5.10 Å². The number of aromatic nitrogens is 4. The van der Waals surface area contributed by atoms with Crippen LogP contribution in [0.4, 0.5) is 5.69 Å². The fourth-order valence-electron chi connectivity index (χ4n) is 2.63. The van der Waals surface area contributed by atoms with E-state index in [1.54, 1.807) is 41.5 Å². The van der Waals surface area contributed by atoms with Crippen molar-refractivity contribution in [3.05, 3.63) is 59.3 Å². The Morgan fingerprint density at radius 2 is 1.65 bits per heavy atom. The highest BCUT2D eigenvalue weighted by Crippen LogP contribution is 2.21. The molecule has 0 fully saturated rings. The number of pyridine rings is 2. The van der Waals surface area contributed by atoms with Gasteiger partial charge in [0.05, 0.1) is 34.5 Å².